The molecule has 1 heterocycles. The van der Waals surface area contributed by atoms with Gasteiger partial charge in [0.15, 0.2) is 0 Å². The minimum atomic E-state index is -0.420. The summed E-state index contributed by atoms with van der Waals surface area (Å²) in [4.78, 5) is 14.2. The lowest BCUT2D eigenvalue weighted by Crippen LogP contribution is -2.47. The van der Waals surface area contributed by atoms with Crippen LogP contribution < -0.4 is 5.32 Å². The van der Waals surface area contributed by atoms with E-state index in [-0.39, 0.29) is 23.9 Å². The number of piperidine rings is 1. The van der Waals surface area contributed by atoms with Crippen LogP contribution in [0.25, 0.3) is 0 Å². The van der Waals surface area contributed by atoms with Crippen LogP contribution in [0.1, 0.15) is 61.7 Å². The van der Waals surface area contributed by atoms with E-state index in [1.54, 1.807) is 23.1 Å². The van der Waals surface area contributed by atoms with Crippen molar-refractivity contribution >= 4 is 18.3 Å². The summed E-state index contributed by atoms with van der Waals surface area (Å²) < 4.78 is 13.8. The van der Waals surface area contributed by atoms with Gasteiger partial charge in [-0.15, -0.1) is 12.4 Å². The maximum atomic E-state index is 13.8. The van der Waals surface area contributed by atoms with Gasteiger partial charge in [0.2, 0.25) is 0 Å². The number of carbonyl (C=O) groups excluding carboxylic acids is 1. The number of halogens is 2. The van der Waals surface area contributed by atoms with E-state index >= 15 is 0 Å². The molecule has 0 aromatic heterocycles. The molecule has 0 bridgehead atoms. The Morgan fingerprint density at radius 1 is 0.958 bits per heavy atom. The first-order valence-corrected chi connectivity index (χ1v) is 9.04. The lowest BCUT2D eigenvalue weighted by Gasteiger charge is -2.34. The zero-order valence-electron chi connectivity index (χ0n) is 14.2. The topological polar surface area (TPSA) is 32.3 Å². The Kier molecular flexibility index (Phi) is 7.50. The molecule has 1 saturated carbocycles. The molecule has 3 nitrogen and oxygen atoms in total. The Hall–Kier alpha value is -1.13. The average Bonchev–Trinajstić information content (AvgIpc) is 2.84. The van der Waals surface area contributed by atoms with Crippen molar-refractivity contribution in [3.8, 4) is 0 Å². The molecule has 134 valence electrons. The van der Waals surface area contributed by atoms with Gasteiger partial charge in [0.25, 0.3) is 5.91 Å². The number of nitrogens with zero attached hydrogens (tertiary/aromatic N) is 1. The largest absolute Gasteiger partial charge is 0.338 e. The molecule has 0 spiro atoms. The molecule has 1 aliphatic carbocycles. The summed E-state index contributed by atoms with van der Waals surface area (Å²) in [7, 11) is 0. The van der Waals surface area contributed by atoms with Crippen LogP contribution in [0.4, 0.5) is 4.39 Å². The fourth-order valence-corrected chi connectivity index (χ4v) is 3.83. The van der Waals surface area contributed by atoms with Crippen LogP contribution in [-0.2, 0) is 0 Å². The highest BCUT2D eigenvalue weighted by Crippen LogP contribution is 2.21. The van der Waals surface area contributed by atoms with Crippen LogP contribution in [0.5, 0.6) is 0 Å². The van der Waals surface area contributed by atoms with E-state index in [2.05, 4.69) is 5.32 Å². The number of likely N-dealkylation sites (tertiary alicyclic amines) is 1. The molecule has 1 aromatic rings. The number of nitrogens with one attached hydrogen (secondary N) is 1. The van der Waals surface area contributed by atoms with E-state index in [4.69, 9.17) is 0 Å². The minimum Gasteiger partial charge on any atom is -0.338 e. The summed E-state index contributed by atoms with van der Waals surface area (Å²) in [6, 6.07) is 7.42. The van der Waals surface area contributed by atoms with Crippen molar-refractivity contribution in [3.05, 3.63) is 35.6 Å². The standard InChI is InChI=1S/C19H27FN2O.ClH/c20-18-10-6-5-9-17(18)19(23)22-13-11-16(12-14-22)21-15-7-3-1-2-4-8-15;/h5-6,9-10,15-16,21H,1-4,7-8,11-14H2;1H. The van der Waals surface area contributed by atoms with Crippen molar-refractivity contribution < 1.29 is 9.18 Å². The predicted molar refractivity (Wildman–Crippen MR) is 97.2 cm³/mol. The molecule has 3 rings (SSSR count). The number of amides is 1. The van der Waals surface area contributed by atoms with E-state index in [1.807, 2.05) is 0 Å². The van der Waals surface area contributed by atoms with E-state index in [9.17, 15) is 9.18 Å². The summed E-state index contributed by atoms with van der Waals surface area (Å²) in [5, 5.41) is 3.80. The van der Waals surface area contributed by atoms with Crippen molar-refractivity contribution in [1.29, 1.82) is 0 Å². The Morgan fingerprint density at radius 3 is 2.17 bits per heavy atom. The van der Waals surface area contributed by atoms with Gasteiger partial charge in [0.05, 0.1) is 5.56 Å². The molecule has 0 unspecified atom stereocenters. The third-order valence-corrected chi connectivity index (χ3v) is 5.21. The van der Waals surface area contributed by atoms with Crippen LogP contribution in [0.3, 0.4) is 0 Å². The Balaban J connectivity index is 0.00000208. The van der Waals surface area contributed by atoms with Crippen molar-refractivity contribution in [1.82, 2.24) is 10.2 Å². The van der Waals surface area contributed by atoms with E-state index in [0.717, 1.165) is 25.9 Å². The zero-order chi connectivity index (χ0) is 16.1. The minimum absolute atomic E-state index is 0. The third kappa shape index (κ3) is 4.93. The summed E-state index contributed by atoms with van der Waals surface area (Å²) in [5.74, 6) is -0.591. The van der Waals surface area contributed by atoms with Crippen LogP contribution in [-0.4, -0.2) is 36.0 Å². The van der Waals surface area contributed by atoms with Gasteiger partial charge in [-0.1, -0.05) is 37.8 Å². The van der Waals surface area contributed by atoms with Crippen molar-refractivity contribution in [2.75, 3.05) is 13.1 Å². The van der Waals surface area contributed by atoms with E-state index < -0.39 is 5.82 Å². The number of rotatable bonds is 3. The van der Waals surface area contributed by atoms with E-state index in [0.29, 0.717) is 12.1 Å². The highest BCUT2D eigenvalue weighted by atomic mass is 35.5. The fraction of sp³-hybridized carbons (Fsp3) is 0.632. The zero-order valence-corrected chi connectivity index (χ0v) is 15.0. The summed E-state index contributed by atoms with van der Waals surface area (Å²) in [6.07, 6.45) is 9.92. The van der Waals surface area contributed by atoms with Crippen LogP contribution in [0.15, 0.2) is 24.3 Å². The molecule has 1 aliphatic heterocycles. The van der Waals surface area contributed by atoms with Gasteiger partial charge in [0, 0.05) is 25.2 Å². The summed E-state index contributed by atoms with van der Waals surface area (Å²) in [5.41, 5.74) is 0.197. The summed E-state index contributed by atoms with van der Waals surface area (Å²) >= 11 is 0. The van der Waals surface area contributed by atoms with Gasteiger partial charge in [-0.2, -0.15) is 0 Å². The Bertz CT molecular complexity index is 524. The molecule has 0 atom stereocenters. The third-order valence-electron chi connectivity index (χ3n) is 5.21. The predicted octanol–water partition coefficient (Wildman–Crippen LogP) is 4.16. The SMILES string of the molecule is Cl.O=C(c1ccccc1F)N1CCC(NC2CCCCCC2)CC1. The number of benzene rings is 1. The normalized spacial score (nSPS) is 20.3. The second-order valence-corrected chi connectivity index (χ2v) is 6.90. The van der Waals surface area contributed by atoms with E-state index in [1.165, 1.54) is 44.6 Å². The first kappa shape index (κ1) is 19.2. The van der Waals surface area contributed by atoms with Gasteiger partial charge in [0.1, 0.15) is 5.82 Å². The lowest BCUT2D eigenvalue weighted by molar-refractivity contribution is 0.0696. The molecular formula is C19H28ClFN2O. The second kappa shape index (κ2) is 9.38. The quantitative estimate of drug-likeness (QED) is 0.826. The maximum Gasteiger partial charge on any atom is 0.256 e. The van der Waals surface area contributed by atoms with Crippen molar-refractivity contribution in [2.45, 2.75) is 63.5 Å². The van der Waals surface area contributed by atoms with Crippen LogP contribution >= 0.6 is 12.4 Å². The molecule has 1 saturated heterocycles. The summed E-state index contributed by atoms with van der Waals surface area (Å²) in [6.45, 7) is 1.44. The molecule has 1 amide bonds. The van der Waals surface area contributed by atoms with Gasteiger partial charge in [-0.3, -0.25) is 4.79 Å². The van der Waals surface area contributed by atoms with Crippen molar-refractivity contribution in [3.63, 3.8) is 0 Å². The molecule has 1 aromatic carbocycles. The van der Waals surface area contributed by atoms with Gasteiger partial charge in [-0.05, 0) is 37.8 Å². The molecule has 2 fully saturated rings. The average molecular weight is 355 g/mol. The smallest absolute Gasteiger partial charge is 0.256 e. The number of carbonyl (C=O) groups is 1. The molecule has 5 heteroatoms. The van der Waals surface area contributed by atoms with Gasteiger partial charge >= 0.3 is 0 Å². The highest BCUT2D eigenvalue weighted by molar-refractivity contribution is 5.94. The van der Waals surface area contributed by atoms with Crippen molar-refractivity contribution in [2.24, 2.45) is 0 Å². The highest BCUT2D eigenvalue weighted by Gasteiger charge is 2.26. The van der Waals surface area contributed by atoms with Crippen LogP contribution in [0.2, 0.25) is 0 Å². The first-order valence-electron chi connectivity index (χ1n) is 9.04. The van der Waals surface area contributed by atoms with Crippen LogP contribution in [0, 0.1) is 5.82 Å². The molecule has 2 aliphatic rings. The Morgan fingerprint density at radius 2 is 1.54 bits per heavy atom. The number of hydrogen-bond donors (Lipinski definition) is 1. The molecular weight excluding hydrogens is 327 g/mol. The van der Waals surface area contributed by atoms with Gasteiger partial charge < -0.3 is 10.2 Å². The number of hydrogen-bond acceptors (Lipinski definition) is 2. The van der Waals surface area contributed by atoms with Gasteiger partial charge in [-0.25, -0.2) is 4.39 Å². The fourth-order valence-electron chi connectivity index (χ4n) is 3.83. The Labute approximate surface area is 150 Å². The monoisotopic (exact) mass is 354 g/mol. The molecule has 1 N–H and O–H groups in total. The molecule has 0 radical (unpaired) electrons. The lowest BCUT2D eigenvalue weighted by atomic mass is 10.0. The molecule has 24 heavy (non-hydrogen) atoms. The maximum absolute atomic E-state index is 13.8. The second-order valence-electron chi connectivity index (χ2n) is 6.90. The first-order chi connectivity index (χ1) is 11.2.